The number of aliphatic hydroxyl groups is 2. The van der Waals surface area contributed by atoms with Gasteiger partial charge in [0.1, 0.15) is 0 Å². The van der Waals surface area contributed by atoms with Gasteiger partial charge in [-0.1, -0.05) is 36.4 Å². The number of aliphatic hydroxyl groups excluding tert-OH is 2. The van der Waals surface area contributed by atoms with Gasteiger partial charge in [0.25, 0.3) is 0 Å². The van der Waals surface area contributed by atoms with Crippen molar-refractivity contribution in [2.45, 2.75) is 25.3 Å². The number of benzene rings is 1. The van der Waals surface area contributed by atoms with Crippen molar-refractivity contribution in [2.75, 3.05) is 19.8 Å². The van der Waals surface area contributed by atoms with Crippen LogP contribution >= 0.6 is 0 Å². The molecular formula is C18H23NO3. The molecule has 3 N–H and O–H groups in total. The minimum absolute atomic E-state index is 0.00974. The molecule has 0 aromatic heterocycles. The molecule has 1 atom stereocenters. The molecule has 4 nitrogen and oxygen atoms in total. The third kappa shape index (κ3) is 4.91. The summed E-state index contributed by atoms with van der Waals surface area (Å²) in [7, 11) is 0. The highest BCUT2D eigenvalue weighted by molar-refractivity contribution is 5.91. The lowest BCUT2D eigenvalue weighted by atomic mass is 9.97. The van der Waals surface area contributed by atoms with Gasteiger partial charge in [0.05, 0.1) is 19.3 Å². The zero-order valence-electron chi connectivity index (χ0n) is 12.7. The topological polar surface area (TPSA) is 69.6 Å². The maximum atomic E-state index is 11.4. The highest BCUT2D eigenvalue weighted by Crippen LogP contribution is 2.18. The molecular weight excluding hydrogens is 278 g/mol. The predicted octanol–water partition coefficient (Wildman–Crippen LogP) is 1.99. The molecule has 1 aromatic rings. The van der Waals surface area contributed by atoms with Crippen molar-refractivity contribution < 1.29 is 15.0 Å². The molecule has 0 spiro atoms. The molecule has 4 heteroatoms. The molecule has 0 amide bonds. The van der Waals surface area contributed by atoms with Gasteiger partial charge in [0.15, 0.2) is 5.78 Å². The normalized spacial score (nSPS) is 16.8. The molecule has 0 radical (unpaired) electrons. The minimum atomic E-state index is -0.163. The molecule has 0 fully saturated rings. The molecule has 0 saturated heterocycles. The van der Waals surface area contributed by atoms with Crippen LogP contribution < -0.4 is 5.32 Å². The molecule has 1 aliphatic rings. The van der Waals surface area contributed by atoms with Gasteiger partial charge in [-0.15, -0.1) is 0 Å². The largest absolute Gasteiger partial charge is 0.395 e. The third-order valence-electron chi connectivity index (χ3n) is 3.75. The third-order valence-corrected chi connectivity index (χ3v) is 3.75. The summed E-state index contributed by atoms with van der Waals surface area (Å²) < 4.78 is 0. The van der Waals surface area contributed by atoms with Gasteiger partial charge < -0.3 is 15.5 Å². The fraction of sp³-hybridized carbons (Fsp3) is 0.389. The van der Waals surface area contributed by atoms with E-state index in [1.54, 1.807) is 6.08 Å². The quantitative estimate of drug-likeness (QED) is 0.720. The maximum absolute atomic E-state index is 11.4. The number of hydrogen-bond acceptors (Lipinski definition) is 4. The fourth-order valence-corrected chi connectivity index (χ4v) is 2.52. The summed E-state index contributed by atoms with van der Waals surface area (Å²) in [5.41, 5.74) is 3.12. The number of carbonyl (C=O) groups is 1. The average Bonchev–Trinajstić information content (AvgIpc) is 2.55. The minimum Gasteiger partial charge on any atom is -0.395 e. The molecule has 1 aromatic carbocycles. The van der Waals surface area contributed by atoms with Crippen LogP contribution in [0.4, 0.5) is 0 Å². The first-order valence-electron chi connectivity index (χ1n) is 7.69. The maximum Gasteiger partial charge on any atom is 0.155 e. The highest BCUT2D eigenvalue weighted by Gasteiger charge is 2.09. The zero-order valence-corrected chi connectivity index (χ0v) is 12.7. The summed E-state index contributed by atoms with van der Waals surface area (Å²) in [6, 6.07) is 7.74. The van der Waals surface area contributed by atoms with Crippen molar-refractivity contribution in [2.24, 2.45) is 0 Å². The van der Waals surface area contributed by atoms with E-state index in [1.807, 2.05) is 36.4 Å². The average molecular weight is 301 g/mol. The molecule has 118 valence electrons. The number of nitrogens with one attached hydrogen (secondary N) is 1. The molecule has 1 aliphatic carbocycles. The first-order valence-corrected chi connectivity index (χ1v) is 7.69. The number of hydrogen-bond donors (Lipinski definition) is 3. The molecule has 1 unspecified atom stereocenters. The van der Waals surface area contributed by atoms with Gasteiger partial charge in [-0.05, 0) is 35.6 Å². The molecule has 22 heavy (non-hydrogen) atoms. The Morgan fingerprint density at radius 1 is 1.14 bits per heavy atom. The van der Waals surface area contributed by atoms with Crippen LogP contribution in [0.25, 0.3) is 6.08 Å². The van der Waals surface area contributed by atoms with Gasteiger partial charge in [0.2, 0.25) is 0 Å². The number of rotatable bonds is 7. The van der Waals surface area contributed by atoms with E-state index in [9.17, 15) is 9.90 Å². The van der Waals surface area contributed by atoms with E-state index in [0.717, 1.165) is 29.5 Å². The summed E-state index contributed by atoms with van der Waals surface area (Å²) in [6.07, 6.45) is 8.29. The van der Waals surface area contributed by atoms with E-state index in [1.165, 1.54) is 0 Å². The Balaban J connectivity index is 2.00. The number of carbonyl (C=O) groups excluding carboxylic acids is 1. The van der Waals surface area contributed by atoms with Gasteiger partial charge >= 0.3 is 0 Å². The summed E-state index contributed by atoms with van der Waals surface area (Å²) in [4.78, 5) is 11.4. The lowest BCUT2D eigenvalue weighted by Gasteiger charge is -2.16. The van der Waals surface area contributed by atoms with E-state index < -0.39 is 0 Å². The molecule has 0 heterocycles. The second kappa shape index (κ2) is 8.63. The van der Waals surface area contributed by atoms with Crippen LogP contribution in [0.3, 0.4) is 0 Å². The Bertz CT molecular complexity index is 546. The second-order valence-corrected chi connectivity index (χ2v) is 5.45. The predicted molar refractivity (Wildman–Crippen MR) is 87.3 cm³/mol. The van der Waals surface area contributed by atoms with Gasteiger partial charge in [-0.2, -0.15) is 0 Å². The van der Waals surface area contributed by atoms with Crippen LogP contribution in [0.2, 0.25) is 0 Å². The Labute approximate surface area is 131 Å². The van der Waals surface area contributed by atoms with E-state index in [4.69, 9.17) is 5.11 Å². The molecule has 0 saturated carbocycles. The van der Waals surface area contributed by atoms with Crippen molar-refractivity contribution in [1.29, 1.82) is 0 Å². The van der Waals surface area contributed by atoms with Gasteiger partial charge in [-0.3, -0.25) is 4.79 Å². The van der Waals surface area contributed by atoms with Crippen LogP contribution in [0, 0.1) is 0 Å². The lowest BCUT2D eigenvalue weighted by molar-refractivity contribution is -0.115. The number of allylic oxidation sites excluding steroid dienone is 3. The second-order valence-electron chi connectivity index (χ2n) is 5.45. The lowest BCUT2D eigenvalue weighted by Crippen LogP contribution is -2.27. The Morgan fingerprint density at radius 2 is 1.91 bits per heavy atom. The summed E-state index contributed by atoms with van der Waals surface area (Å²) in [5.74, 6) is 0.210. The fourth-order valence-electron chi connectivity index (χ4n) is 2.52. The van der Waals surface area contributed by atoms with Crippen molar-refractivity contribution in [3.63, 3.8) is 0 Å². The van der Waals surface area contributed by atoms with E-state index >= 15 is 0 Å². The molecule has 0 aliphatic heterocycles. The van der Waals surface area contributed by atoms with Gasteiger partial charge in [-0.25, -0.2) is 0 Å². The van der Waals surface area contributed by atoms with Gasteiger partial charge in [0, 0.05) is 13.0 Å². The van der Waals surface area contributed by atoms with Crippen LogP contribution in [-0.2, 0) is 4.79 Å². The molecule has 2 rings (SSSR count). The van der Waals surface area contributed by atoms with E-state index in [0.29, 0.717) is 13.0 Å². The van der Waals surface area contributed by atoms with Crippen LogP contribution in [0.5, 0.6) is 0 Å². The van der Waals surface area contributed by atoms with Crippen LogP contribution in [-0.4, -0.2) is 35.8 Å². The first kappa shape index (κ1) is 16.6. The monoisotopic (exact) mass is 301 g/mol. The SMILES string of the molecule is O=C1C=C(/C=C/c2ccc(C(CO)NCCO)cc2)CCC1. The Kier molecular flexibility index (Phi) is 6.52. The Hall–Kier alpha value is -1.75. The van der Waals surface area contributed by atoms with Crippen molar-refractivity contribution >= 4 is 11.9 Å². The number of ketones is 1. The van der Waals surface area contributed by atoms with Crippen molar-refractivity contribution in [1.82, 2.24) is 5.32 Å². The first-order chi connectivity index (χ1) is 10.7. The van der Waals surface area contributed by atoms with Crippen LogP contribution in [0.1, 0.15) is 36.4 Å². The van der Waals surface area contributed by atoms with E-state index in [2.05, 4.69) is 5.32 Å². The van der Waals surface area contributed by atoms with E-state index in [-0.39, 0.29) is 25.0 Å². The summed E-state index contributed by atoms with van der Waals surface area (Å²) >= 11 is 0. The Morgan fingerprint density at radius 3 is 2.55 bits per heavy atom. The smallest absolute Gasteiger partial charge is 0.155 e. The summed E-state index contributed by atoms with van der Waals surface area (Å²) in [5, 5.41) is 21.3. The summed E-state index contributed by atoms with van der Waals surface area (Å²) in [6.45, 7) is 0.490. The van der Waals surface area contributed by atoms with Crippen molar-refractivity contribution in [3.8, 4) is 0 Å². The standard InChI is InChI=1S/C18H23NO3/c20-11-10-19-18(13-21)16-8-6-14(7-9-16)4-5-15-2-1-3-17(22)12-15/h4-9,12,18-21H,1-3,10-11,13H2/b5-4+. The molecule has 0 bridgehead atoms. The van der Waals surface area contributed by atoms with Crippen molar-refractivity contribution in [3.05, 3.63) is 53.1 Å². The van der Waals surface area contributed by atoms with Crippen LogP contribution in [0.15, 0.2) is 42.0 Å². The highest BCUT2D eigenvalue weighted by atomic mass is 16.3. The zero-order chi connectivity index (χ0) is 15.8.